The average molecular weight is 358 g/mol. The van der Waals surface area contributed by atoms with E-state index in [1.807, 2.05) is 0 Å². The Balaban J connectivity index is 0.000000758. The van der Waals surface area contributed by atoms with Crippen LogP contribution in [0.5, 0.6) is 5.75 Å². The van der Waals surface area contributed by atoms with Crippen LogP contribution in [0.2, 0.25) is 0 Å². The Labute approximate surface area is 152 Å². The number of aromatic nitrogens is 1. The fraction of sp³-hybridized carbons (Fsp3) is 0.353. The summed E-state index contributed by atoms with van der Waals surface area (Å²) >= 11 is 0. The Morgan fingerprint density at radius 1 is 1.27 bits per heavy atom. The molecule has 2 heterocycles. The van der Waals surface area contributed by atoms with Crippen LogP contribution in [0.4, 0.5) is 0 Å². The molecular weight excluding hydrogens is 337 g/mol. The zero-order valence-electron chi connectivity index (χ0n) is 14.5. The number of methoxy groups -OCH3 is 1. The Morgan fingerprint density at radius 2 is 1.96 bits per heavy atom. The molecule has 3 N–H and O–H groups in total. The van der Waals surface area contributed by atoms with Gasteiger partial charge in [-0.3, -0.25) is 14.6 Å². The predicted molar refractivity (Wildman–Crippen MR) is 96.6 cm³/mol. The highest BCUT2D eigenvalue weighted by molar-refractivity contribution is 6.13. The third kappa shape index (κ3) is 4.93. The van der Waals surface area contributed by atoms with Crippen LogP contribution in [0.25, 0.3) is 10.9 Å². The van der Waals surface area contributed by atoms with Crippen molar-refractivity contribution in [3.05, 3.63) is 36.0 Å². The second kappa shape index (κ2) is 9.74. The van der Waals surface area contributed by atoms with Crippen LogP contribution in [0.1, 0.15) is 23.2 Å². The summed E-state index contributed by atoms with van der Waals surface area (Å²) in [6, 6.07) is 7.03. The summed E-state index contributed by atoms with van der Waals surface area (Å²) in [5.74, 6) is 0.387. The third-order valence-electron chi connectivity index (χ3n) is 4.05. The second-order valence-electron chi connectivity index (χ2n) is 5.63. The van der Waals surface area contributed by atoms with E-state index < -0.39 is 0 Å². The van der Waals surface area contributed by atoms with Gasteiger partial charge in [-0.25, -0.2) is 0 Å². The average Bonchev–Trinajstić information content (AvgIpc) is 3.20. The quantitative estimate of drug-likeness (QED) is 0.669. The van der Waals surface area contributed by atoms with E-state index in [9.17, 15) is 9.59 Å². The first kappa shape index (κ1) is 19.7. The largest absolute Gasteiger partial charge is 0.497 e. The van der Waals surface area contributed by atoms with E-state index in [1.54, 1.807) is 42.5 Å². The smallest absolute Gasteiger partial charge is 0.482 e. The lowest BCUT2D eigenvalue weighted by Gasteiger charge is -2.15. The van der Waals surface area contributed by atoms with Gasteiger partial charge in [0.1, 0.15) is 5.75 Å². The molecule has 0 unspecified atom stereocenters. The summed E-state index contributed by atoms with van der Waals surface area (Å²) in [5, 5.41) is 17.4. The van der Waals surface area contributed by atoms with Gasteiger partial charge >= 0.3 is 7.69 Å². The normalized spacial score (nSPS) is 13.0. The van der Waals surface area contributed by atoms with Crippen molar-refractivity contribution in [3.63, 3.8) is 0 Å². The van der Waals surface area contributed by atoms with Crippen LogP contribution in [0.3, 0.4) is 0 Å². The first-order valence-electron chi connectivity index (χ1n) is 8.19. The number of pyridine rings is 1. The lowest BCUT2D eigenvalue weighted by atomic mass is 10.1. The molecule has 8 nitrogen and oxygen atoms in total. The molecule has 3 rings (SSSR count). The van der Waals surface area contributed by atoms with Crippen LogP contribution >= 0.6 is 0 Å². The van der Waals surface area contributed by atoms with E-state index in [4.69, 9.17) is 14.8 Å². The van der Waals surface area contributed by atoms with Gasteiger partial charge in [0.2, 0.25) is 5.91 Å². The maximum atomic E-state index is 12.4. The van der Waals surface area contributed by atoms with E-state index in [2.05, 4.69) is 10.3 Å². The number of ether oxygens (including phenoxy) is 1. The van der Waals surface area contributed by atoms with Crippen molar-refractivity contribution in [1.29, 1.82) is 0 Å². The van der Waals surface area contributed by atoms with Crippen molar-refractivity contribution < 1.29 is 24.4 Å². The van der Waals surface area contributed by atoms with Gasteiger partial charge in [-0.1, -0.05) is 0 Å². The maximum Gasteiger partial charge on any atom is 0.482 e. The highest BCUT2D eigenvalue weighted by Crippen LogP contribution is 2.21. The molecule has 1 aromatic heterocycles. The van der Waals surface area contributed by atoms with Crippen LogP contribution in [-0.4, -0.2) is 66.2 Å². The minimum atomic E-state index is -0.268. The standard InChI is InChI=1S/C17H19N3O3.BH2O2/c1-23-12-4-5-13-14(6-7-18-15(13)10-12)17(22)19-11-16(21)20-8-2-3-9-20;2-1-3/h4-7,10H,2-3,8-9,11H2,1H3,(H,19,22);2-3H. The van der Waals surface area contributed by atoms with E-state index in [0.717, 1.165) is 31.3 Å². The van der Waals surface area contributed by atoms with E-state index >= 15 is 0 Å². The number of hydrogen-bond acceptors (Lipinski definition) is 6. The number of benzene rings is 1. The van der Waals surface area contributed by atoms with E-state index in [1.165, 1.54) is 0 Å². The summed E-state index contributed by atoms with van der Waals surface area (Å²) in [6.07, 6.45) is 3.66. The highest BCUT2D eigenvalue weighted by Gasteiger charge is 2.19. The minimum Gasteiger partial charge on any atom is -0.497 e. The Kier molecular flexibility index (Phi) is 7.37. The van der Waals surface area contributed by atoms with Gasteiger partial charge in [-0.15, -0.1) is 0 Å². The number of carbonyl (C=O) groups excluding carboxylic acids is 2. The third-order valence-corrected chi connectivity index (χ3v) is 4.05. The fourth-order valence-corrected chi connectivity index (χ4v) is 2.78. The Morgan fingerprint density at radius 3 is 2.62 bits per heavy atom. The number of carbonyl (C=O) groups is 2. The molecule has 0 atom stereocenters. The minimum absolute atomic E-state index is 0. The molecule has 1 aliphatic rings. The van der Waals surface area contributed by atoms with Crippen LogP contribution in [-0.2, 0) is 4.79 Å². The fourth-order valence-electron chi connectivity index (χ4n) is 2.78. The van der Waals surface area contributed by atoms with Crippen molar-refractivity contribution >= 4 is 30.4 Å². The van der Waals surface area contributed by atoms with Gasteiger partial charge in [0, 0.05) is 30.7 Å². The molecule has 1 fully saturated rings. The van der Waals surface area contributed by atoms with Crippen molar-refractivity contribution in [1.82, 2.24) is 15.2 Å². The monoisotopic (exact) mass is 358 g/mol. The molecule has 0 spiro atoms. The molecule has 1 aliphatic heterocycles. The number of nitrogens with one attached hydrogen (secondary N) is 1. The van der Waals surface area contributed by atoms with Gasteiger partial charge in [-0.2, -0.15) is 0 Å². The molecule has 2 aromatic rings. The van der Waals surface area contributed by atoms with Crippen molar-refractivity contribution in [2.24, 2.45) is 0 Å². The Hall–Kier alpha value is -2.65. The summed E-state index contributed by atoms with van der Waals surface area (Å²) in [7, 11) is 1.59. The van der Waals surface area contributed by atoms with Crippen molar-refractivity contribution in [3.8, 4) is 5.75 Å². The number of amides is 2. The molecule has 26 heavy (non-hydrogen) atoms. The molecule has 9 heteroatoms. The molecule has 0 aliphatic carbocycles. The zero-order chi connectivity index (χ0) is 18.9. The predicted octanol–water partition coefficient (Wildman–Crippen LogP) is 0.101. The SMILES string of the molecule is COc1ccc2c(C(=O)NCC(=O)N3CCCC3)ccnc2c1.O[B]O. The molecule has 2 amide bonds. The number of nitrogens with zero attached hydrogens (tertiary/aromatic N) is 2. The lowest BCUT2D eigenvalue weighted by molar-refractivity contribution is -0.129. The van der Waals surface area contributed by atoms with Crippen LogP contribution < -0.4 is 10.1 Å². The molecule has 0 bridgehead atoms. The topological polar surface area (TPSA) is 112 Å². The summed E-state index contributed by atoms with van der Waals surface area (Å²) < 4.78 is 5.17. The molecule has 0 saturated carbocycles. The number of rotatable bonds is 4. The van der Waals surface area contributed by atoms with Gasteiger partial charge in [-0.05, 0) is 31.0 Å². The summed E-state index contributed by atoms with van der Waals surface area (Å²) in [4.78, 5) is 30.4. The molecule has 137 valence electrons. The van der Waals surface area contributed by atoms with Crippen molar-refractivity contribution in [2.75, 3.05) is 26.7 Å². The van der Waals surface area contributed by atoms with Gasteiger partial charge in [0.25, 0.3) is 5.91 Å². The van der Waals surface area contributed by atoms with Gasteiger partial charge in [0.15, 0.2) is 0 Å². The first-order chi connectivity index (χ1) is 12.6. The number of likely N-dealkylation sites (tertiary alicyclic amines) is 1. The number of hydrogen-bond donors (Lipinski definition) is 3. The van der Waals surface area contributed by atoms with Crippen LogP contribution in [0, 0.1) is 0 Å². The van der Waals surface area contributed by atoms with E-state index in [-0.39, 0.29) is 26.0 Å². The number of fused-ring (bicyclic) bond motifs is 1. The van der Waals surface area contributed by atoms with E-state index in [0.29, 0.717) is 16.8 Å². The van der Waals surface area contributed by atoms with Crippen molar-refractivity contribution in [2.45, 2.75) is 12.8 Å². The summed E-state index contributed by atoms with van der Waals surface area (Å²) in [5.41, 5.74) is 1.19. The highest BCUT2D eigenvalue weighted by atomic mass is 16.5. The van der Waals surface area contributed by atoms with Crippen LogP contribution in [0.15, 0.2) is 30.5 Å². The first-order valence-corrected chi connectivity index (χ1v) is 8.19. The molecule has 1 aromatic carbocycles. The lowest BCUT2D eigenvalue weighted by Crippen LogP contribution is -2.38. The zero-order valence-corrected chi connectivity index (χ0v) is 14.5. The molecule has 1 saturated heterocycles. The Bertz CT molecular complexity index is 765. The molecule has 1 radical (unpaired) electrons. The molecular formula is C17H21BN3O5. The van der Waals surface area contributed by atoms with Gasteiger partial charge in [0.05, 0.1) is 24.7 Å². The summed E-state index contributed by atoms with van der Waals surface area (Å²) in [6.45, 7) is 1.60. The second-order valence-corrected chi connectivity index (χ2v) is 5.63. The maximum absolute atomic E-state index is 12.4. The van der Waals surface area contributed by atoms with Gasteiger partial charge < -0.3 is 25.0 Å².